The van der Waals surface area contributed by atoms with Gasteiger partial charge in [0.1, 0.15) is 0 Å². The number of halogens is 2. The lowest BCUT2D eigenvalue weighted by Crippen LogP contribution is -2.19. The maximum atomic E-state index is 14.1. The topological polar surface area (TPSA) is 18.5 Å². The van der Waals surface area contributed by atoms with Gasteiger partial charge >= 0.3 is 0 Å². The van der Waals surface area contributed by atoms with Gasteiger partial charge < -0.3 is 9.47 Å². The minimum absolute atomic E-state index is 0.00951. The average Bonchev–Trinajstić information content (AvgIpc) is 2.47. The van der Waals surface area contributed by atoms with Crippen molar-refractivity contribution in [3.8, 4) is 11.5 Å². The highest BCUT2D eigenvalue weighted by Crippen LogP contribution is 2.34. The van der Waals surface area contributed by atoms with Gasteiger partial charge in [-0.1, -0.05) is 19.8 Å². The molecular formula is C18H26F2O2. The van der Waals surface area contributed by atoms with E-state index in [4.69, 9.17) is 9.47 Å². The van der Waals surface area contributed by atoms with Crippen molar-refractivity contribution in [2.24, 2.45) is 11.8 Å². The van der Waals surface area contributed by atoms with Gasteiger partial charge in [-0.15, -0.1) is 0 Å². The lowest BCUT2D eigenvalue weighted by molar-refractivity contribution is 0.179. The van der Waals surface area contributed by atoms with E-state index in [0.717, 1.165) is 18.8 Å². The molecule has 0 spiro atoms. The Morgan fingerprint density at radius 2 is 1.77 bits per heavy atom. The van der Waals surface area contributed by atoms with Gasteiger partial charge in [0, 0.05) is 0 Å². The summed E-state index contributed by atoms with van der Waals surface area (Å²) >= 11 is 0. The van der Waals surface area contributed by atoms with Crippen molar-refractivity contribution in [2.75, 3.05) is 6.61 Å². The molecule has 1 fully saturated rings. The van der Waals surface area contributed by atoms with E-state index in [1.807, 2.05) is 0 Å². The minimum Gasteiger partial charge on any atom is -0.490 e. The van der Waals surface area contributed by atoms with Gasteiger partial charge in [-0.2, -0.15) is 8.78 Å². The largest absolute Gasteiger partial charge is 0.490 e. The van der Waals surface area contributed by atoms with Crippen LogP contribution in [-0.2, 0) is 0 Å². The summed E-state index contributed by atoms with van der Waals surface area (Å²) in [5.74, 6) is -0.742. The normalized spacial score (nSPS) is 22.0. The van der Waals surface area contributed by atoms with E-state index in [9.17, 15) is 8.78 Å². The number of aryl methyl sites for hydroxylation is 1. The first-order valence-electron chi connectivity index (χ1n) is 8.16. The first-order valence-corrected chi connectivity index (χ1v) is 8.16. The Labute approximate surface area is 131 Å². The monoisotopic (exact) mass is 312 g/mol. The lowest BCUT2D eigenvalue weighted by atomic mass is 9.83. The van der Waals surface area contributed by atoms with Crippen LogP contribution >= 0.6 is 0 Å². The smallest absolute Gasteiger partial charge is 0.204 e. The Morgan fingerprint density at radius 3 is 2.36 bits per heavy atom. The highest BCUT2D eigenvalue weighted by atomic mass is 19.2. The molecule has 0 atom stereocenters. The van der Waals surface area contributed by atoms with Crippen molar-refractivity contribution in [3.63, 3.8) is 0 Å². The predicted octanol–water partition coefficient (Wildman–Crippen LogP) is 5.27. The van der Waals surface area contributed by atoms with Crippen LogP contribution in [0.2, 0.25) is 0 Å². The minimum atomic E-state index is -0.957. The summed E-state index contributed by atoms with van der Waals surface area (Å²) in [5.41, 5.74) is 0.555. The third-order valence-corrected chi connectivity index (χ3v) is 4.28. The van der Waals surface area contributed by atoms with Crippen LogP contribution in [0.3, 0.4) is 0 Å². The molecule has 0 bridgehead atoms. The summed E-state index contributed by atoms with van der Waals surface area (Å²) in [5, 5.41) is 0. The second-order valence-corrected chi connectivity index (χ2v) is 6.75. The number of rotatable bonds is 5. The van der Waals surface area contributed by atoms with Gasteiger partial charge in [-0.25, -0.2) is 0 Å². The fourth-order valence-corrected chi connectivity index (χ4v) is 2.90. The molecular weight excluding hydrogens is 286 g/mol. The standard InChI is InChI=1S/C18H26F2O2/c1-11(2)22-18-13(4)9-15(16(19)17(18)20)21-10-14-7-5-12(3)6-8-14/h9,11-12,14H,5-8,10H2,1-4H3. The first kappa shape index (κ1) is 17.0. The summed E-state index contributed by atoms with van der Waals surface area (Å²) in [7, 11) is 0. The zero-order chi connectivity index (χ0) is 16.3. The molecule has 0 amide bonds. The van der Waals surface area contributed by atoms with E-state index >= 15 is 0 Å². The Balaban J connectivity index is 2.05. The van der Waals surface area contributed by atoms with Crippen LogP contribution in [0.15, 0.2) is 6.07 Å². The van der Waals surface area contributed by atoms with E-state index < -0.39 is 11.6 Å². The van der Waals surface area contributed by atoms with E-state index in [2.05, 4.69) is 6.92 Å². The average molecular weight is 312 g/mol. The molecule has 0 aromatic heterocycles. The van der Waals surface area contributed by atoms with Gasteiger partial charge in [0.2, 0.25) is 11.6 Å². The van der Waals surface area contributed by atoms with Crippen molar-refractivity contribution >= 4 is 0 Å². The molecule has 0 radical (unpaired) electrons. The predicted molar refractivity (Wildman–Crippen MR) is 83.5 cm³/mol. The molecule has 1 aliphatic carbocycles. The van der Waals surface area contributed by atoms with Crippen molar-refractivity contribution in [1.82, 2.24) is 0 Å². The second-order valence-electron chi connectivity index (χ2n) is 6.75. The molecule has 0 unspecified atom stereocenters. The SMILES string of the molecule is Cc1cc(OCC2CCC(C)CC2)c(F)c(F)c1OC(C)C. The zero-order valence-corrected chi connectivity index (χ0v) is 13.9. The van der Waals surface area contributed by atoms with Crippen LogP contribution in [0.5, 0.6) is 11.5 Å². The number of hydrogen-bond donors (Lipinski definition) is 0. The van der Waals surface area contributed by atoms with E-state index in [1.165, 1.54) is 18.9 Å². The van der Waals surface area contributed by atoms with Crippen LogP contribution in [0, 0.1) is 30.4 Å². The fourth-order valence-electron chi connectivity index (χ4n) is 2.90. The second kappa shape index (κ2) is 7.30. The van der Waals surface area contributed by atoms with Crippen LogP contribution in [-0.4, -0.2) is 12.7 Å². The van der Waals surface area contributed by atoms with Gasteiger partial charge in [-0.05, 0) is 57.1 Å². The molecule has 1 aliphatic rings. The van der Waals surface area contributed by atoms with Crippen molar-refractivity contribution in [2.45, 2.75) is 59.5 Å². The summed E-state index contributed by atoms with van der Waals surface area (Å²) in [6.07, 6.45) is 4.36. The maximum Gasteiger partial charge on any atom is 0.204 e. The molecule has 4 heteroatoms. The highest BCUT2D eigenvalue weighted by molar-refractivity contribution is 5.42. The summed E-state index contributed by atoms with van der Waals surface area (Å²) in [6.45, 7) is 7.97. The van der Waals surface area contributed by atoms with Crippen LogP contribution in [0.25, 0.3) is 0 Å². The summed E-state index contributed by atoms with van der Waals surface area (Å²) < 4.78 is 39.2. The lowest BCUT2D eigenvalue weighted by Gasteiger charge is -2.26. The Kier molecular flexibility index (Phi) is 5.65. The summed E-state index contributed by atoms with van der Waals surface area (Å²) in [6, 6.07) is 1.53. The van der Waals surface area contributed by atoms with E-state index in [-0.39, 0.29) is 17.6 Å². The van der Waals surface area contributed by atoms with Gasteiger partial charge in [0.15, 0.2) is 11.5 Å². The van der Waals surface area contributed by atoms with Gasteiger partial charge in [0.25, 0.3) is 0 Å². The Morgan fingerprint density at radius 1 is 1.14 bits per heavy atom. The molecule has 124 valence electrons. The quantitative estimate of drug-likeness (QED) is 0.738. The van der Waals surface area contributed by atoms with Gasteiger partial charge in [-0.3, -0.25) is 0 Å². The number of ether oxygens (including phenoxy) is 2. The van der Waals surface area contributed by atoms with Crippen LogP contribution in [0.4, 0.5) is 8.78 Å². The first-order chi connectivity index (χ1) is 10.4. The van der Waals surface area contributed by atoms with Crippen molar-refractivity contribution < 1.29 is 18.3 Å². The molecule has 0 saturated heterocycles. The molecule has 1 aromatic carbocycles. The summed E-state index contributed by atoms with van der Waals surface area (Å²) in [4.78, 5) is 0. The third kappa shape index (κ3) is 4.11. The molecule has 0 N–H and O–H groups in total. The van der Waals surface area contributed by atoms with E-state index in [0.29, 0.717) is 18.1 Å². The number of benzene rings is 1. The van der Waals surface area contributed by atoms with Gasteiger partial charge in [0.05, 0.1) is 12.7 Å². The molecule has 22 heavy (non-hydrogen) atoms. The fraction of sp³-hybridized carbons (Fsp3) is 0.667. The molecule has 2 nitrogen and oxygen atoms in total. The maximum absolute atomic E-state index is 14.1. The van der Waals surface area contributed by atoms with Crippen molar-refractivity contribution in [1.29, 1.82) is 0 Å². The molecule has 1 saturated carbocycles. The molecule has 0 aliphatic heterocycles. The number of hydrogen-bond acceptors (Lipinski definition) is 2. The molecule has 0 heterocycles. The highest BCUT2D eigenvalue weighted by Gasteiger charge is 2.22. The van der Waals surface area contributed by atoms with E-state index in [1.54, 1.807) is 20.8 Å². The Bertz CT molecular complexity index is 506. The zero-order valence-electron chi connectivity index (χ0n) is 13.9. The molecule has 2 rings (SSSR count). The third-order valence-electron chi connectivity index (χ3n) is 4.28. The Hall–Kier alpha value is -1.32. The van der Waals surface area contributed by atoms with Crippen LogP contribution < -0.4 is 9.47 Å². The molecule has 1 aromatic rings. The van der Waals surface area contributed by atoms with Crippen molar-refractivity contribution in [3.05, 3.63) is 23.3 Å². The van der Waals surface area contributed by atoms with Crippen LogP contribution in [0.1, 0.15) is 52.0 Å².